The molecule has 1 fully saturated rings. The number of ether oxygens (including phenoxy) is 1. The number of hydrogen-bond acceptors (Lipinski definition) is 4. The van der Waals surface area contributed by atoms with Crippen LogP contribution in [0.15, 0.2) is 24.3 Å². The van der Waals surface area contributed by atoms with Gasteiger partial charge in [0.05, 0.1) is 5.75 Å². The van der Waals surface area contributed by atoms with E-state index in [4.69, 9.17) is 4.74 Å². The number of nitrogens with one attached hydrogen (secondary N) is 1. The normalized spacial score (nSPS) is 15.8. The van der Waals surface area contributed by atoms with E-state index in [2.05, 4.69) is 5.32 Å². The minimum absolute atomic E-state index is 0.0187. The highest BCUT2D eigenvalue weighted by Crippen LogP contribution is 2.24. The van der Waals surface area contributed by atoms with Crippen LogP contribution in [0.2, 0.25) is 0 Å². The second-order valence-electron chi connectivity index (χ2n) is 7.40. The van der Waals surface area contributed by atoms with Gasteiger partial charge < -0.3 is 15.0 Å². The molecule has 1 aromatic carbocycles. The van der Waals surface area contributed by atoms with Crippen LogP contribution < -0.4 is 5.32 Å². The van der Waals surface area contributed by atoms with Gasteiger partial charge in [-0.25, -0.2) is 4.79 Å². The summed E-state index contributed by atoms with van der Waals surface area (Å²) in [5, 5.41) is 3.34. The van der Waals surface area contributed by atoms with E-state index in [9.17, 15) is 9.59 Å². The first-order chi connectivity index (χ1) is 11.7. The molecule has 0 aromatic heterocycles. The minimum atomic E-state index is -0.462. The summed E-state index contributed by atoms with van der Waals surface area (Å²) in [6.07, 6.45) is 1.54. The predicted molar refractivity (Wildman–Crippen MR) is 103 cm³/mol. The fourth-order valence-electron chi connectivity index (χ4n) is 2.64. The maximum atomic E-state index is 12.1. The SMILES string of the molecule is Cc1cccc(NC(=O)CSC2CCN(C(=O)OC(C)(C)C)CC2)c1. The molecule has 2 rings (SSSR count). The lowest BCUT2D eigenvalue weighted by atomic mass is 10.1. The van der Waals surface area contributed by atoms with Crippen LogP contribution in [-0.2, 0) is 9.53 Å². The number of aryl methyl sites for hydroxylation is 1. The molecule has 2 amide bonds. The zero-order chi connectivity index (χ0) is 18.4. The fraction of sp³-hybridized carbons (Fsp3) is 0.579. The second-order valence-corrected chi connectivity index (χ2v) is 8.68. The smallest absolute Gasteiger partial charge is 0.410 e. The van der Waals surface area contributed by atoms with Gasteiger partial charge in [-0.1, -0.05) is 12.1 Å². The maximum absolute atomic E-state index is 12.1. The molecule has 0 spiro atoms. The number of nitrogens with zero attached hydrogens (tertiary/aromatic N) is 1. The molecule has 1 heterocycles. The second kappa shape index (κ2) is 8.61. The van der Waals surface area contributed by atoms with Gasteiger partial charge in [0, 0.05) is 24.0 Å². The van der Waals surface area contributed by atoms with E-state index in [-0.39, 0.29) is 12.0 Å². The largest absolute Gasteiger partial charge is 0.444 e. The number of piperidine rings is 1. The monoisotopic (exact) mass is 364 g/mol. The molecule has 1 saturated heterocycles. The van der Waals surface area contributed by atoms with E-state index in [0.717, 1.165) is 24.1 Å². The van der Waals surface area contributed by atoms with Crippen LogP contribution >= 0.6 is 11.8 Å². The minimum Gasteiger partial charge on any atom is -0.444 e. The Kier molecular flexibility index (Phi) is 6.76. The number of anilines is 1. The van der Waals surface area contributed by atoms with Crippen LogP contribution in [0.5, 0.6) is 0 Å². The third kappa shape index (κ3) is 6.98. The molecule has 0 bridgehead atoms. The van der Waals surface area contributed by atoms with E-state index in [1.165, 1.54) is 0 Å². The Balaban J connectivity index is 1.70. The summed E-state index contributed by atoms with van der Waals surface area (Å²) < 4.78 is 5.40. The van der Waals surface area contributed by atoms with E-state index in [0.29, 0.717) is 24.1 Å². The summed E-state index contributed by atoms with van der Waals surface area (Å²) in [7, 11) is 0. The van der Waals surface area contributed by atoms with Crippen molar-refractivity contribution in [3.05, 3.63) is 29.8 Å². The molecule has 1 aliphatic rings. The van der Waals surface area contributed by atoms with Crippen molar-refractivity contribution >= 4 is 29.4 Å². The summed E-state index contributed by atoms with van der Waals surface area (Å²) in [6.45, 7) is 9.00. The van der Waals surface area contributed by atoms with Crippen LogP contribution in [0.4, 0.5) is 10.5 Å². The maximum Gasteiger partial charge on any atom is 0.410 e. The summed E-state index contributed by atoms with van der Waals surface area (Å²) in [5.74, 6) is 0.454. The Morgan fingerprint density at radius 1 is 1.28 bits per heavy atom. The fourth-order valence-corrected chi connectivity index (χ4v) is 3.65. The molecule has 6 heteroatoms. The van der Waals surface area contributed by atoms with Crippen molar-refractivity contribution in [1.82, 2.24) is 4.90 Å². The highest BCUT2D eigenvalue weighted by atomic mass is 32.2. The number of carbonyl (C=O) groups is 2. The molecular weight excluding hydrogens is 336 g/mol. The lowest BCUT2D eigenvalue weighted by Gasteiger charge is -2.33. The first kappa shape index (κ1) is 19.6. The molecular formula is C19H28N2O3S. The summed E-state index contributed by atoms with van der Waals surface area (Å²) in [5.41, 5.74) is 1.50. The molecule has 0 unspecified atom stereocenters. The Hall–Kier alpha value is -1.69. The number of rotatable bonds is 4. The van der Waals surface area contributed by atoms with E-state index >= 15 is 0 Å². The van der Waals surface area contributed by atoms with Gasteiger partial charge in [-0.15, -0.1) is 11.8 Å². The van der Waals surface area contributed by atoms with Crippen molar-refractivity contribution in [2.75, 3.05) is 24.2 Å². The third-order valence-corrected chi connectivity index (χ3v) is 5.22. The van der Waals surface area contributed by atoms with E-state index in [1.807, 2.05) is 52.0 Å². The Labute approximate surface area is 154 Å². The molecule has 138 valence electrons. The van der Waals surface area contributed by atoms with Crippen LogP contribution in [0.25, 0.3) is 0 Å². The van der Waals surface area contributed by atoms with Gasteiger partial charge >= 0.3 is 6.09 Å². The molecule has 0 atom stereocenters. The molecule has 1 N–H and O–H groups in total. The molecule has 0 aliphatic carbocycles. The molecule has 0 saturated carbocycles. The van der Waals surface area contributed by atoms with Gasteiger partial charge in [0.2, 0.25) is 5.91 Å². The molecule has 25 heavy (non-hydrogen) atoms. The highest BCUT2D eigenvalue weighted by Gasteiger charge is 2.27. The Morgan fingerprint density at radius 2 is 1.96 bits per heavy atom. The summed E-state index contributed by atoms with van der Waals surface area (Å²) in [6, 6.07) is 7.80. The first-order valence-corrected chi connectivity index (χ1v) is 9.74. The molecule has 0 radical (unpaired) electrons. The highest BCUT2D eigenvalue weighted by molar-refractivity contribution is 8.00. The lowest BCUT2D eigenvalue weighted by Crippen LogP contribution is -2.42. The van der Waals surface area contributed by atoms with E-state index < -0.39 is 5.60 Å². The summed E-state index contributed by atoms with van der Waals surface area (Å²) >= 11 is 1.66. The van der Waals surface area contributed by atoms with Crippen LogP contribution in [0.1, 0.15) is 39.2 Å². The van der Waals surface area contributed by atoms with Crippen molar-refractivity contribution in [1.29, 1.82) is 0 Å². The Bertz CT molecular complexity index is 605. The average Bonchev–Trinajstić information content (AvgIpc) is 2.52. The molecule has 1 aliphatic heterocycles. The third-order valence-electron chi connectivity index (χ3n) is 3.85. The number of amides is 2. The summed E-state index contributed by atoms with van der Waals surface area (Å²) in [4.78, 5) is 25.9. The zero-order valence-corrected chi connectivity index (χ0v) is 16.3. The average molecular weight is 365 g/mol. The van der Waals surface area contributed by atoms with Crippen molar-refractivity contribution in [2.45, 2.75) is 51.4 Å². The van der Waals surface area contributed by atoms with Crippen molar-refractivity contribution < 1.29 is 14.3 Å². The van der Waals surface area contributed by atoms with Crippen molar-refractivity contribution in [3.63, 3.8) is 0 Å². The van der Waals surface area contributed by atoms with Crippen LogP contribution in [0, 0.1) is 6.92 Å². The van der Waals surface area contributed by atoms with Crippen LogP contribution in [-0.4, -0.2) is 46.6 Å². The van der Waals surface area contributed by atoms with Gasteiger partial charge in [-0.05, 0) is 58.2 Å². The standard InChI is InChI=1S/C19H28N2O3S/c1-14-6-5-7-15(12-14)20-17(22)13-25-16-8-10-21(11-9-16)18(23)24-19(2,3)4/h5-7,12,16H,8-11,13H2,1-4H3,(H,20,22). The molecule has 5 nitrogen and oxygen atoms in total. The number of benzene rings is 1. The first-order valence-electron chi connectivity index (χ1n) is 8.69. The zero-order valence-electron chi connectivity index (χ0n) is 15.5. The van der Waals surface area contributed by atoms with Gasteiger partial charge in [0.15, 0.2) is 0 Å². The van der Waals surface area contributed by atoms with Crippen LogP contribution in [0.3, 0.4) is 0 Å². The molecule has 1 aromatic rings. The predicted octanol–water partition coefficient (Wildman–Crippen LogP) is 4.07. The van der Waals surface area contributed by atoms with Gasteiger partial charge in [-0.3, -0.25) is 4.79 Å². The number of carbonyl (C=O) groups excluding carboxylic acids is 2. The van der Waals surface area contributed by atoms with Gasteiger partial charge in [-0.2, -0.15) is 0 Å². The number of hydrogen-bond donors (Lipinski definition) is 1. The Morgan fingerprint density at radius 3 is 2.56 bits per heavy atom. The van der Waals surface area contributed by atoms with E-state index in [1.54, 1.807) is 16.7 Å². The number of likely N-dealkylation sites (tertiary alicyclic amines) is 1. The van der Waals surface area contributed by atoms with Gasteiger partial charge in [0.25, 0.3) is 0 Å². The number of thioether (sulfide) groups is 1. The van der Waals surface area contributed by atoms with Crippen molar-refractivity contribution in [2.24, 2.45) is 0 Å². The quantitative estimate of drug-likeness (QED) is 0.875. The van der Waals surface area contributed by atoms with Crippen molar-refractivity contribution in [3.8, 4) is 0 Å². The lowest BCUT2D eigenvalue weighted by molar-refractivity contribution is -0.113. The van der Waals surface area contributed by atoms with Gasteiger partial charge in [0.1, 0.15) is 5.60 Å². The topological polar surface area (TPSA) is 58.6 Å².